The fourth-order valence-corrected chi connectivity index (χ4v) is 3.69. The molecule has 2 aliphatic heterocycles. The van der Waals surface area contributed by atoms with Crippen molar-refractivity contribution in [2.24, 2.45) is 5.92 Å². The van der Waals surface area contributed by atoms with Gasteiger partial charge >= 0.3 is 5.97 Å². The Hall–Kier alpha value is -1.40. The SMILES string of the molecule is Cc1nc2n(c(=O)c1CCN1CCC(C(=O)O)CC1)CCCC2.Cl. The summed E-state index contributed by atoms with van der Waals surface area (Å²) in [6.45, 7) is 5.14. The summed E-state index contributed by atoms with van der Waals surface area (Å²) in [4.78, 5) is 30.6. The summed E-state index contributed by atoms with van der Waals surface area (Å²) in [5.74, 6) is 0.0476. The molecule has 1 aromatic rings. The molecule has 0 bridgehead atoms. The molecule has 1 fully saturated rings. The Labute approximate surface area is 148 Å². The Bertz CT molecular complexity index is 651. The molecule has 0 radical (unpaired) electrons. The predicted molar refractivity (Wildman–Crippen MR) is 93.9 cm³/mol. The number of hydrogen-bond acceptors (Lipinski definition) is 4. The molecule has 134 valence electrons. The number of aromatic nitrogens is 2. The van der Waals surface area contributed by atoms with Crippen molar-refractivity contribution in [1.29, 1.82) is 0 Å². The minimum atomic E-state index is -0.683. The molecule has 0 spiro atoms. The van der Waals surface area contributed by atoms with Gasteiger partial charge in [-0.1, -0.05) is 0 Å². The summed E-state index contributed by atoms with van der Waals surface area (Å²) < 4.78 is 1.85. The highest BCUT2D eigenvalue weighted by atomic mass is 35.5. The van der Waals surface area contributed by atoms with Crippen LogP contribution in [0.5, 0.6) is 0 Å². The number of fused-ring (bicyclic) bond motifs is 1. The molecular weight excluding hydrogens is 330 g/mol. The highest BCUT2D eigenvalue weighted by Crippen LogP contribution is 2.18. The predicted octanol–water partition coefficient (Wildman–Crippen LogP) is 1.65. The molecule has 6 nitrogen and oxygen atoms in total. The van der Waals surface area contributed by atoms with Gasteiger partial charge in [-0.05, 0) is 52.1 Å². The van der Waals surface area contributed by atoms with Gasteiger partial charge in [0.1, 0.15) is 5.82 Å². The van der Waals surface area contributed by atoms with Crippen LogP contribution in [-0.2, 0) is 24.2 Å². The van der Waals surface area contributed by atoms with Crippen LogP contribution in [0.4, 0.5) is 0 Å². The number of likely N-dealkylation sites (tertiary alicyclic amines) is 1. The first-order chi connectivity index (χ1) is 11.1. The zero-order valence-electron chi connectivity index (χ0n) is 14.2. The van der Waals surface area contributed by atoms with Crippen LogP contribution in [0.3, 0.4) is 0 Å². The van der Waals surface area contributed by atoms with Crippen LogP contribution < -0.4 is 5.56 Å². The maximum atomic E-state index is 12.7. The normalized spacial score (nSPS) is 18.7. The van der Waals surface area contributed by atoms with Crippen LogP contribution in [0.2, 0.25) is 0 Å². The van der Waals surface area contributed by atoms with Crippen molar-refractivity contribution >= 4 is 18.4 Å². The molecule has 2 aliphatic rings. The molecule has 1 saturated heterocycles. The Balaban J connectivity index is 0.00000208. The van der Waals surface area contributed by atoms with E-state index in [2.05, 4.69) is 9.88 Å². The quantitative estimate of drug-likeness (QED) is 0.888. The Morgan fingerprint density at radius 3 is 2.62 bits per heavy atom. The van der Waals surface area contributed by atoms with E-state index in [4.69, 9.17) is 5.11 Å². The number of carboxylic acids is 1. The molecule has 7 heteroatoms. The van der Waals surface area contributed by atoms with Crippen LogP contribution in [0.25, 0.3) is 0 Å². The number of aliphatic carboxylic acids is 1. The molecule has 0 atom stereocenters. The first kappa shape index (κ1) is 18.9. The first-order valence-corrected chi connectivity index (χ1v) is 8.60. The van der Waals surface area contributed by atoms with Crippen molar-refractivity contribution in [2.45, 2.75) is 52.0 Å². The van der Waals surface area contributed by atoms with E-state index in [-0.39, 0.29) is 23.9 Å². The second-order valence-electron chi connectivity index (χ2n) is 6.71. The number of halogens is 1. The van der Waals surface area contributed by atoms with E-state index in [1.807, 2.05) is 11.5 Å². The summed E-state index contributed by atoms with van der Waals surface area (Å²) in [5.41, 5.74) is 1.83. The lowest BCUT2D eigenvalue weighted by Crippen LogP contribution is -2.39. The molecule has 1 N–H and O–H groups in total. The topological polar surface area (TPSA) is 75.4 Å². The van der Waals surface area contributed by atoms with Crippen molar-refractivity contribution in [3.8, 4) is 0 Å². The monoisotopic (exact) mass is 355 g/mol. The van der Waals surface area contributed by atoms with Crippen LogP contribution in [0.15, 0.2) is 4.79 Å². The van der Waals surface area contributed by atoms with E-state index in [0.717, 1.165) is 62.5 Å². The molecule has 1 aromatic heterocycles. The number of nitrogens with zero attached hydrogens (tertiary/aromatic N) is 3. The van der Waals surface area contributed by atoms with Gasteiger partial charge < -0.3 is 10.0 Å². The minimum Gasteiger partial charge on any atom is -0.481 e. The average Bonchev–Trinajstić information content (AvgIpc) is 2.55. The van der Waals surface area contributed by atoms with Gasteiger partial charge in [0.05, 0.1) is 5.92 Å². The Morgan fingerprint density at radius 2 is 1.96 bits per heavy atom. The van der Waals surface area contributed by atoms with Crippen molar-refractivity contribution in [3.63, 3.8) is 0 Å². The van der Waals surface area contributed by atoms with Gasteiger partial charge in [0, 0.05) is 30.8 Å². The van der Waals surface area contributed by atoms with E-state index in [0.29, 0.717) is 19.3 Å². The van der Waals surface area contributed by atoms with Gasteiger partial charge in [0.25, 0.3) is 5.56 Å². The number of carbonyl (C=O) groups is 1. The standard InChI is InChI=1S/C17H25N3O3.ClH/c1-12-14(16(21)20-8-3-2-4-15(20)18-12)7-11-19-9-5-13(6-10-19)17(22)23;/h13H,2-11H2,1H3,(H,22,23);1H. The van der Waals surface area contributed by atoms with Crippen LogP contribution in [0.1, 0.15) is 42.8 Å². The summed E-state index contributed by atoms with van der Waals surface area (Å²) in [6.07, 6.45) is 5.18. The van der Waals surface area contributed by atoms with Crippen LogP contribution >= 0.6 is 12.4 Å². The third kappa shape index (κ3) is 3.98. The van der Waals surface area contributed by atoms with Gasteiger partial charge in [0.2, 0.25) is 0 Å². The number of aryl methyl sites for hydroxylation is 2. The van der Waals surface area contributed by atoms with Crippen molar-refractivity contribution in [3.05, 3.63) is 27.4 Å². The maximum absolute atomic E-state index is 12.7. The highest BCUT2D eigenvalue weighted by molar-refractivity contribution is 5.85. The zero-order chi connectivity index (χ0) is 16.4. The molecule has 0 aromatic carbocycles. The molecule has 3 rings (SSSR count). The number of hydrogen-bond donors (Lipinski definition) is 1. The minimum absolute atomic E-state index is 0. The molecule has 3 heterocycles. The van der Waals surface area contributed by atoms with E-state index in [1.165, 1.54) is 0 Å². The Morgan fingerprint density at radius 1 is 1.25 bits per heavy atom. The van der Waals surface area contributed by atoms with Gasteiger partial charge in [-0.3, -0.25) is 14.2 Å². The average molecular weight is 356 g/mol. The van der Waals surface area contributed by atoms with E-state index in [9.17, 15) is 9.59 Å². The smallest absolute Gasteiger partial charge is 0.306 e. The second kappa shape index (κ2) is 8.12. The molecule has 0 aliphatic carbocycles. The lowest BCUT2D eigenvalue weighted by molar-refractivity contribution is -0.143. The molecule has 0 saturated carbocycles. The lowest BCUT2D eigenvalue weighted by atomic mass is 9.97. The summed E-state index contributed by atoms with van der Waals surface area (Å²) >= 11 is 0. The third-order valence-electron chi connectivity index (χ3n) is 5.20. The third-order valence-corrected chi connectivity index (χ3v) is 5.20. The lowest BCUT2D eigenvalue weighted by Gasteiger charge is -2.30. The second-order valence-corrected chi connectivity index (χ2v) is 6.71. The van der Waals surface area contributed by atoms with E-state index >= 15 is 0 Å². The number of piperidine rings is 1. The fraction of sp³-hybridized carbons (Fsp3) is 0.706. The molecule has 24 heavy (non-hydrogen) atoms. The molecule has 0 unspecified atom stereocenters. The van der Waals surface area contributed by atoms with Gasteiger partial charge in [0.15, 0.2) is 0 Å². The summed E-state index contributed by atoms with van der Waals surface area (Å²) in [5, 5.41) is 9.05. The number of carboxylic acid groups (broad SMARTS) is 1. The summed E-state index contributed by atoms with van der Waals surface area (Å²) in [6, 6.07) is 0. The van der Waals surface area contributed by atoms with Gasteiger partial charge in [-0.2, -0.15) is 0 Å². The fourth-order valence-electron chi connectivity index (χ4n) is 3.69. The summed E-state index contributed by atoms with van der Waals surface area (Å²) in [7, 11) is 0. The first-order valence-electron chi connectivity index (χ1n) is 8.60. The van der Waals surface area contributed by atoms with Crippen molar-refractivity contribution in [2.75, 3.05) is 19.6 Å². The van der Waals surface area contributed by atoms with Crippen molar-refractivity contribution < 1.29 is 9.90 Å². The largest absolute Gasteiger partial charge is 0.481 e. The highest BCUT2D eigenvalue weighted by Gasteiger charge is 2.25. The zero-order valence-corrected chi connectivity index (χ0v) is 15.0. The van der Waals surface area contributed by atoms with E-state index in [1.54, 1.807) is 0 Å². The van der Waals surface area contributed by atoms with Gasteiger partial charge in [-0.15, -0.1) is 12.4 Å². The van der Waals surface area contributed by atoms with Crippen LogP contribution in [-0.4, -0.2) is 45.2 Å². The van der Waals surface area contributed by atoms with E-state index < -0.39 is 5.97 Å². The molecule has 0 amide bonds. The van der Waals surface area contributed by atoms with Gasteiger partial charge in [-0.25, -0.2) is 4.98 Å². The number of rotatable bonds is 4. The molecular formula is C17H26ClN3O3. The maximum Gasteiger partial charge on any atom is 0.306 e. The Kier molecular flexibility index (Phi) is 6.40. The van der Waals surface area contributed by atoms with Crippen molar-refractivity contribution in [1.82, 2.24) is 14.5 Å². The van der Waals surface area contributed by atoms with Crippen LogP contribution in [0, 0.1) is 12.8 Å².